The molecule has 0 saturated heterocycles. The number of rotatable bonds is 6. The van der Waals surface area contributed by atoms with Crippen molar-refractivity contribution in [1.29, 1.82) is 0 Å². The van der Waals surface area contributed by atoms with Crippen molar-refractivity contribution in [3.63, 3.8) is 0 Å². The van der Waals surface area contributed by atoms with Crippen LogP contribution in [0.1, 0.15) is 55.8 Å². The zero-order chi connectivity index (χ0) is 19.8. The number of hydrogen-bond donors (Lipinski definition) is 4. The number of hydrogen-bond acceptors (Lipinski definition) is 4. The molecule has 2 atom stereocenters. The molecule has 4 N–H and O–H groups in total. The lowest BCUT2D eigenvalue weighted by atomic mass is 9.79. The first kappa shape index (κ1) is 20.4. The van der Waals surface area contributed by atoms with Crippen LogP contribution in [0, 0.1) is 11.8 Å². The molecule has 146 valence electrons. The first-order chi connectivity index (χ1) is 12.9. The van der Waals surface area contributed by atoms with Gasteiger partial charge in [0.05, 0.1) is 11.8 Å². The Balaban J connectivity index is 1.88. The van der Waals surface area contributed by atoms with Gasteiger partial charge in [0.15, 0.2) is 0 Å². The molecule has 1 aliphatic carbocycles. The van der Waals surface area contributed by atoms with E-state index < -0.39 is 29.6 Å². The molecule has 0 unspecified atom stereocenters. The Labute approximate surface area is 157 Å². The standard InChI is InChI=1S/C19H25N3O5/c1-2-5-16(23)20-13-10-8-12(9-11-13)17(24)21-22-18(25)14-6-3-4-7-15(14)19(26)27/h8-11,14-15H,2-7H2,1H3,(H,20,23)(H,21,24)(H,22,25)(H,26,27)/t14-,15-/m0/s1. The lowest BCUT2D eigenvalue weighted by Gasteiger charge is -2.27. The zero-order valence-corrected chi connectivity index (χ0v) is 15.3. The van der Waals surface area contributed by atoms with Crippen molar-refractivity contribution in [2.24, 2.45) is 11.8 Å². The molecule has 0 bridgehead atoms. The molecule has 0 radical (unpaired) electrons. The van der Waals surface area contributed by atoms with Crippen molar-refractivity contribution in [2.45, 2.75) is 45.4 Å². The van der Waals surface area contributed by atoms with Gasteiger partial charge in [-0.1, -0.05) is 19.8 Å². The summed E-state index contributed by atoms with van der Waals surface area (Å²) >= 11 is 0. The van der Waals surface area contributed by atoms with Crippen molar-refractivity contribution in [3.05, 3.63) is 29.8 Å². The summed E-state index contributed by atoms with van der Waals surface area (Å²) < 4.78 is 0. The van der Waals surface area contributed by atoms with Crippen molar-refractivity contribution < 1.29 is 24.3 Å². The van der Waals surface area contributed by atoms with Crippen LogP contribution in [0.15, 0.2) is 24.3 Å². The van der Waals surface area contributed by atoms with Gasteiger partial charge in [0, 0.05) is 17.7 Å². The van der Waals surface area contributed by atoms with Crippen LogP contribution in [0.5, 0.6) is 0 Å². The van der Waals surface area contributed by atoms with E-state index in [9.17, 15) is 24.3 Å². The molecule has 3 amide bonds. The average Bonchev–Trinajstić information content (AvgIpc) is 2.66. The average molecular weight is 375 g/mol. The van der Waals surface area contributed by atoms with Crippen molar-refractivity contribution in [1.82, 2.24) is 10.9 Å². The summed E-state index contributed by atoms with van der Waals surface area (Å²) in [4.78, 5) is 47.2. The van der Waals surface area contributed by atoms with Crippen LogP contribution in [0.4, 0.5) is 5.69 Å². The van der Waals surface area contributed by atoms with Gasteiger partial charge >= 0.3 is 5.97 Å². The summed E-state index contributed by atoms with van der Waals surface area (Å²) in [5.41, 5.74) is 5.54. The van der Waals surface area contributed by atoms with E-state index in [2.05, 4.69) is 16.2 Å². The van der Waals surface area contributed by atoms with Gasteiger partial charge in [0.25, 0.3) is 5.91 Å². The predicted molar refractivity (Wildman–Crippen MR) is 98.7 cm³/mol. The summed E-state index contributed by atoms with van der Waals surface area (Å²) in [6.45, 7) is 1.91. The Morgan fingerprint density at radius 1 is 1.00 bits per heavy atom. The van der Waals surface area contributed by atoms with E-state index in [1.54, 1.807) is 12.1 Å². The lowest BCUT2D eigenvalue weighted by molar-refractivity contribution is -0.149. The number of hydrazine groups is 1. The van der Waals surface area contributed by atoms with Gasteiger partial charge in [-0.25, -0.2) is 0 Å². The summed E-state index contributed by atoms with van der Waals surface area (Å²) in [7, 11) is 0. The van der Waals surface area contributed by atoms with Crippen LogP contribution in [0.25, 0.3) is 0 Å². The van der Waals surface area contributed by atoms with E-state index in [4.69, 9.17) is 0 Å². The van der Waals surface area contributed by atoms with Crippen LogP contribution in [0.2, 0.25) is 0 Å². The van der Waals surface area contributed by atoms with Gasteiger partial charge in [0.1, 0.15) is 0 Å². The normalized spacial score (nSPS) is 19.0. The number of aliphatic carboxylic acids is 1. The molecule has 0 aliphatic heterocycles. The fourth-order valence-electron chi connectivity index (χ4n) is 3.18. The molecular formula is C19H25N3O5. The Bertz CT molecular complexity index is 702. The quantitative estimate of drug-likeness (QED) is 0.567. The second-order valence-electron chi connectivity index (χ2n) is 6.65. The van der Waals surface area contributed by atoms with Gasteiger partial charge in [-0.05, 0) is 43.5 Å². The number of anilines is 1. The van der Waals surface area contributed by atoms with E-state index in [1.807, 2.05) is 6.92 Å². The molecule has 8 nitrogen and oxygen atoms in total. The first-order valence-electron chi connectivity index (χ1n) is 9.15. The maximum Gasteiger partial charge on any atom is 0.307 e. The molecule has 1 aromatic rings. The minimum atomic E-state index is -0.984. The number of amides is 3. The van der Waals surface area contributed by atoms with Gasteiger partial charge in [-0.3, -0.25) is 30.0 Å². The minimum absolute atomic E-state index is 0.0950. The molecule has 1 saturated carbocycles. The maximum absolute atomic E-state index is 12.2. The summed E-state index contributed by atoms with van der Waals surface area (Å²) in [6, 6.07) is 6.27. The number of benzene rings is 1. The number of carboxylic acid groups (broad SMARTS) is 1. The fourth-order valence-corrected chi connectivity index (χ4v) is 3.18. The molecule has 1 aromatic carbocycles. The number of carbonyl (C=O) groups is 4. The molecule has 1 aliphatic rings. The lowest BCUT2D eigenvalue weighted by Crippen LogP contribution is -2.47. The molecule has 8 heteroatoms. The Morgan fingerprint density at radius 3 is 2.22 bits per heavy atom. The highest BCUT2D eigenvalue weighted by molar-refractivity contribution is 5.97. The SMILES string of the molecule is CCCC(=O)Nc1ccc(C(=O)NNC(=O)[C@H]2CCCC[C@@H]2C(=O)O)cc1. The molecule has 0 heterocycles. The second kappa shape index (κ2) is 9.70. The third-order valence-electron chi connectivity index (χ3n) is 4.63. The summed E-state index contributed by atoms with van der Waals surface area (Å²) in [6.07, 6.45) is 3.70. The highest BCUT2D eigenvalue weighted by Crippen LogP contribution is 2.30. The topological polar surface area (TPSA) is 125 Å². The third kappa shape index (κ3) is 5.80. The molecule has 0 aromatic heterocycles. The van der Waals surface area contributed by atoms with E-state index in [-0.39, 0.29) is 5.91 Å². The zero-order valence-electron chi connectivity index (χ0n) is 15.3. The number of nitrogens with one attached hydrogen (secondary N) is 3. The first-order valence-corrected chi connectivity index (χ1v) is 9.15. The summed E-state index contributed by atoms with van der Waals surface area (Å²) in [5, 5.41) is 12.0. The van der Waals surface area contributed by atoms with Crippen LogP contribution in [-0.2, 0) is 14.4 Å². The largest absolute Gasteiger partial charge is 0.481 e. The van der Waals surface area contributed by atoms with E-state index in [0.29, 0.717) is 30.5 Å². The van der Waals surface area contributed by atoms with E-state index >= 15 is 0 Å². The second-order valence-corrected chi connectivity index (χ2v) is 6.65. The maximum atomic E-state index is 12.2. The van der Waals surface area contributed by atoms with Crippen molar-refractivity contribution in [2.75, 3.05) is 5.32 Å². The molecular weight excluding hydrogens is 350 g/mol. The van der Waals surface area contributed by atoms with E-state index in [0.717, 1.165) is 19.3 Å². The Morgan fingerprint density at radius 2 is 1.63 bits per heavy atom. The van der Waals surface area contributed by atoms with Crippen LogP contribution < -0.4 is 16.2 Å². The predicted octanol–water partition coefficient (Wildman–Crippen LogP) is 2.08. The fraction of sp³-hybridized carbons (Fsp3) is 0.474. The number of carbonyl (C=O) groups excluding carboxylic acids is 3. The smallest absolute Gasteiger partial charge is 0.307 e. The van der Waals surface area contributed by atoms with Gasteiger partial charge in [-0.2, -0.15) is 0 Å². The summed E-state index contributed by atoms with van der Waals surface area (Å²) in [5.74, 6) is -3.45. The number of carboxylic acids is 1. The van der Waals surface area contributed by atoms with E-state index in [1.165, 1.54) is 12.1 Å². The monoisotopic (exact) mass is 375 g/mol. The molecule has 2 rings (SSSR count). The molecule has 0 spiro atoms. The van der Waals surface area contributed by atoms with Crippen molar-refractivity contribution in [3.8, 4) is 0 Å². The van der Waals surface area contributed by atoms with Crippen LogP contribution in [-0.4, -0.2) is 28.8 Å². The minimum Gasteiger partial charge on any atom is -0.481 e. The molecule has 27 heavy (non-hydrogen) atoms. The Kier molecular flexibility index (Phi) is 7.34. The Hall–Kier alpha value is -2.90. The van der Waals surface area contributed by atoms with Crippen LogP contribution >= 0.6 is 0 Å². The van der Waals surface area contributed by atoms with Gasteiger partial charge < -0.3 is 10.4 Å². The van der Waals surface area contributed by atoms with Crippen molar-refractivity contribution >= 4 is 29.4 Å². The van der Waals surface area contributed by atoms with Gasteiger partial charge in [-0.15, -0.1) is 0 Å². The van der Waals surface area contributed by atoms with Gasteiger partial charge in [0.2, 0.25) is 11.8 Å². The van der Waals surface area contributed by atoms with Crippen LogP contribution in [0.3, 0.4) is 0 Å². The highest BCUT2D eigenvalue weighted by atomic mass is 16.4. The third-order valence-corrected chi connectivity index (χ3v) is 4.63. The highest BCUT2D eigenvalue weighted by Gasteiger charge is 2.35. The molecule has 1 fully saturated rings.